The number of nitrogens with one attached hydrogen (secondary N) is 1. The molecule has 4 nitrogen and oxygen atoms in total. The molecule has 0 bridgehead atoms. The third kappa shape index (κ3) is 4.48. The third-order valence-corrected chi connectivity index (χ3v) is 6.07. The quantitative estimate of drug-likeness (QED) is 0.708. The predicted octanol–water partition coefficient (Wildman–Crippen LogP) is 4.74. The van der Waals surface area contributed by atoms with Gasteiger partial charge in [-0.2, -0.15) is 0 Å². The first kappa shape index (κ1) is 19.4. The molecule has 3 unspecified atom stereocenters. The highest BCUT2D eigenvalue weighted by Crippen LogP contribution is 2.31. The average Bonchev–Trinajstić information content (AvgIpc) is 3.20. The molecular formula is C22H25NO3S. The molecule has 1 heterocycles. The number of aliphatic carboxylic acids is 1. The Morgan fingerprint density at radius 1 is 1.04 bits per heavy atom. The first-order valence-corrected chi connectivity index (χ1v) is 10.2. The van der Waals surface area contributed by atoms with E-state index in [0.717, 1.165) is 10.4 Å². The van der Waals surface area contributed by atoms with Crippen molar-refractivity contribution >= 4 is 23.2 Å². The molecular weight excluding hydrogens is 358 g/mol. The highest BCUT2D eigenvalue weighted by atomic mass is 32.1. The lowest BCUT2D eigenvalue weighted by Gasteiger charge is -2.27. The van der Waals surface area contributed by atoms with Gasteiger partial charge in [-0.1, -0.05) is 56.3 Å². The molecule has 0 spiro atoms. The molecule has 0 saturated carbocycles. The zero-order valence-electron chi connectivity index (χ0n) is 15.6. The molecule has 1 amide bonds. The molecule has 1 aromatic carbocycles. The Kier molecular flexibility index (Phi) is 6.11. The van der Waals surface area contributed by atoms with Crippen LogP contribution in [0.1, 0.15) is 54.7 Å². The molecule has 142 valence electrons. The van der Waals surface area contributed by atoms with Crippen LogP contribution in [0.25, 0.3) is 0 Å². The van der Waals surface area contributed by atoms with E-state index in [4.69, 9.17) is 0 Å². The zero-order chi connectivity index (χ0) is 19.4. The molecule has 1 aliphatic rings. The van der Waals surface area contributed by atoms with E-state index in [1.165, 1.54) is 5.56 Å². The third-order valence-electron chi connectivity index (χ3n) is 5.14. The van der Waals surface area contributed by atoms with Crippen LogP contribution in [-0.2, 0) is 9.59 Å². The monoisotopic (exact) mass is 383 g/mol. The first-order chi connectivity index (χ1) is 13.0. The highest BCUT2D eigenvalue weighted by molar-refractivity contribution is 7.10. The molecule has 5 heteroatoms. The summed E-state index contributed by atoms with van der Waals surface area (Å²) in [6, 6.07) is 12.0. The summed E-state index contributed by atoms with van der Waals surface area (Å²) in [5.41, 5.74) is 2.26. The predicted molar refractivity (Wildman–Crippen MR) is 108 cm³/mol. The molecule has 1 aliphatic carbocycles. The van der Waals surface area contributed by atoms with Crippen molar-refractivity contribution in [1.29, 1.82) is 0 Å². The number of carbonyl (C=O) groups is 2. The maximum absolute atomic E-state index is 13.0. The number of thiophene rings is 1. The molecule has 0 saturated heterocycles. The summed E-state index contributed by atoms with van der Waals surface area (Å²) in [4.78, 5) is 25.5. The topological polar surface area (TPSA) is 66.4 Å². The van der Waals surface area contributed by atoms with E-state index < -0.39 is 17.8 Å². The number of carbonyl (C=O) groups excluding carboxylic acids is 1. The van der Waals surface area contributed by atoms with Gasteiger partial charge in [-0.05, 0) is 41.3 Å². The minimum atomic E-state index is -0.909. The van der Waals surface area contributed by atoms with Crippen molar-refractivity contribution < 1.29 is 14.7 Å². The largest absolute Gasteiger partial charge is 0.481 e. The summed E-state index contributed by atoms with van der Waals surface area (Å²) >= 11 is 1.59. The summed E-state index contributed by atoms with van der Waals surface area (Å²) in [5, 5.41) is 14.6. The van der Waals surface area contributed by atoms with Crippen LogP contribution in [0, 0.1) is 11.8 Å². The fraction of sp³-hybridized carbons (Fsp3) is 0.364. The second kappa shape index (κ2) is 8.53. The van der Waals surface area contributed by atoms with Gasteiger partial charge in [-0.3, -0.25) is 9.59 Å². The number of carboxylic acids is 1. The van der Waals surface area contributed by atoms with Crippen LogP contribution in [0.2, 0.25) is 0 Å². The number of hydrogen-bond donors (Lipinski definition) is 2. The van der Waals surface area contributed by atoms with Crippen LogP contribution >= 0.6 is 11.3 Å². The van der Waals surface area contributed by atoms with Crippen molar-refractivity contribution in [3.8, 4) is 0 Å². The lowest BCUT2D eigenvalue weighted by Crippen LogP contribution is -2.40. The van der Waals surface area contributed by atoms with Crippen molar-refractivity contribution in [1.82, 2.24) is 5.32 Å². The molecule has 3 atom stereocenters. The number of allylic oxidation sites excluding steroid dienone is 2. The van der Waals surface area contributed by atoms with E-state index >= 15 is 0 Å². The summed E-state index contributed by atoms with van der Waals surface area (Å²) < 4.78 is 0. The minimum Gasteiger partial charge on any atom is -0.481 e. The minimum absolute atomic E-state index is 0.196. The standard InChI is InChI=1S/C22H25NO3S/c1-14(2)15-9-11-16(12-10-15)20(19-8-5-13-27-19)23-21(24)17-6-3-4-7-18(17)22(25)26/h3-5,8-14,17-18,20H,6-7H2,1-2H3,(H,23,24)(H,25,26). The maximum Gasteiger partial charge on any atom is 0.307 e. The van der Waals surface area contributed by atoms with Crippen molar-refractivity contribution in [3.63, 3.8) is 0 Å². The normalized spacial score (nSPS) is 20.4. The smallest absolute Gasteiger partial charge is 0.307 e. The van der Waals surface area contributed by atoms with E-state index in [2.05, 4.69) is 43.4 Å². The number of hydrogen-bond acceptors (Lipinski definition) is 3. The summed E-state index contributed by atoms with van der Waals surface area (Å²) in [6.07, 6.45) is 4.62. The van der Waals surface area contributed by atoms with Crippen LogP contribution in [0.15, 0.2) is 53.9 Å². The Hall–Kier alpha value is -2.40. The van der Waals surface area contributed by atoms with Crippen LogP contribution in [0.4, 0.5) is 0 Å². The Labute approximate surface area is 163 Å². The van der Waals surface area contributed by atoms with E-state index in [1.807, 2.05) is 29.7 Å². The van der Waals surface area contributed by atoms with E-state index in [0.29, 0.717) is 18.8 Å². The Morgan fingerprint density at radius 3 is 2.22 bits per heavy atom. The van der Waals surface area contributed by atoms with Gasteiger partial charge < -0.3 is 10.4 Å². The van der Waals surface area contributed by atoms with E-state index in [9.17, 15) is 14.7 Å². The van der Waals surface area contributed by atoms with Gasteiger partial charge in [0.1, 0.15) is 0 Å². The summed E-state index contributed by atoms with van der Waals surface area (Å²) in [7, 11) is 0. The van der Waals surface area contributed by atoms with Crippen molar-refractivity contribution in [3.05, 3.63) is 69.9 Å². The SMILES string of the molecule is CC(C)c1ccc(C(NC(=O)C2CC=CCC2C(=O)O)c2cccs2)cc1. The average molecular weight is 384 g/mol. The fourth-order valence-electron chi connectivity index (χ4n) is 3.47. The summed E-state index contributed by atoms with van der Waals surface area (Å²) in [6.45, 7) is 4.30. The molecule has 1 aromatic heterocycles. The van der Waals surface area contributed by atoms with Crippen molar-refractivity contribution in [2.75, 3.05) is 0 Å². The second-order valence-corrected chi connectivity index (χ2v) is 8.25. The van der Waals surface area contributed by atoms with Gasteiger partial charge in [0, 0.05) is 4.88 Å². The first-order valence-electron chi connectivity index (χ1n) is 9.28. The van der Waals surface area contributed by atoms with E-state index in [-0.39, 0.29) is 11.9 Å². The number of carboxylic acid groups (broad SMARTS) is 1. The number of benzene rings is 1. The second-order valence-electron chi connectivity index (χ2n) is 7.27. The van der Waals surface area contributed by atoms with Gasteiger partial charge in [0.25, 0.3) is 0 Å². The Bertz CT molecular complexity index is 809. The molecule has 0 radical (unpaired) electrons. The lowest BCUT2D eigenvalue weighted by atomic mass is 9.82. The van der Waals surface area contributed by atoms with Gasteiger partial charge in [0.05, 0.1) is 17.9 Å². The Balaban J connectivity index is 1.85. The molecule has 2 N–H and O–H groups in total. The maximum atomic E-state index is 13.0. The van der Waals surface area contributed by atoms with Crippen LogP contribution < -0.4 is 5.32 Å². The van der Waals surface area contributed by atoms with Gasteiger partial charge in [-0.15, -0.1) is 11.3 Å². The van der Waals surface area contributed by atoms with Crippen LogP contribution in [0.3, 0.4) is 0 Å². The fourth-order valence-corrected chi connectivity index (χ4v) is 4.28. The molecule has 0 fully saturated rings. The highest BCUT2D eigenvalue weighted by Gasteiger charge is 2.35. The van der Waals surface area contributed by atoms with E-state index in [1.54, 1.807) is 11.3 Å². The lowest BCUT2D eigenvalue weighted by molar-refractivity contribution is -0.147. The van der Waals surface area contributed by atoms with Crippen LogP contribution in [-0.4, -0.2) is 17.0 Å². The number of amides is 1. The van der Waals surface area contributed by atoms with Crippen LogP contribution in [0.5, 0.6) is 0 Å². The van der Waals surface area contributed by atoms with Crippen molar-refractivity contribution in [2.24, 2.45) is 11.8 Å². The van der Waals surface area contributed by atoms with Gasteiger partial charge in [-0.25, -0.2) is 0 Å². The zero-order valence-corrected chi connectivity index (χ0v) is 16.4. The molecule has 27 heavy (non-hydrogen) atoms. The van der Waals surface area contributed by atoms with Gasteiger partial charge in [0.2, 0.25) is 5.91 Å². The summed E-state index contributed by atoms with van der Waals surface area (Å²) in [5.74, 6) is -1.86. The van der Waals surface area contributed by atoms with Gasteiger partial charge in [0.15, 0.2) is 0 Å². The Morgan fingerprint density at radius 2 is 1.67 bits per heavy atom. The molecule has 0 aliphatic heterocycles. The van der Waals surface area contributed by atoms with Gasteiger partial charge >= 0.3 is 5.97 Å². The molecule has 2 aromatic rings. The number of rotatable bonds is 6. The molecule has 3 rings (SSSR count). The van der Waals surface area contributed by atoms with Crippen molar-refractivity contribution in [2.45, 2.75) is 38.6 Å².